The molecule has 3 atom stereocenters. The first kappa shape index (κ1) is 17.0. The topological polar surface area (TPSA) is 46.2 Å². The van der Waals surface area contributed by atoms with Gasteiger partial charge in [0, 0.05) is 6.04 Å². The smallest absolute Gasteiger partial charge is 0.157 e. The van der Waals surface area contributed by atoms with E-state index in [1.54, 1.807) is 0 Å². The van der Waals surface area contributed by atoms with Crippen LogP contribution in [0.5, 0.6) is 0 Å². The predicted octanol–water partition coefficient (Wildman–Crippen LogP) is 3.00. The van der Waals surface area contributed by atoms with E-state index >= 15 is 0 Å². The molecular formula is C15H31NO2S. The molecule has 0 saturated heterocycles. The molecule has 19 heavy (non-hydrogen) atoms. The van der Waals surface area contributed by atoms with Gasteiger partial charge in [0.15, 0.2) is 9.84 Å². The van der Waals surface area contributed by atoms with Crippen molar-refractivity contribution >= 4 is 9.84 Å². The van der Waals surface area contributed by atoms with Crippen molar-refractivity contribution in [3.05, 3.63) is 0 Å². The summed E-state index contributed by atoms with van der Waals surface area (Å²) in [5, 5.41) is 2.91. The second-order valence-electron chi connectivity index (χ2n) is 7.15. The molecule has 0 radical (unpaired) electrons. The van der Waals surface area contributed by atoms with Gasteiger partial charge in [-0.1, -0.05) is 34.6 Å². The van der Waals surface area contributed by atoms with E-state index in [2.05, 4.69) is 26.1 Å². The molecule has 0 amide bonds. The lowest BCUT2D eigenvalue weighted by molar-refractivity contribution is 0.209. The average Bonchev–Trinajstić information content (AvgIpc) is 2.30. The molecule has 114 valence electrons. The lowest BCUT2D eigenvalue weighted by atomic mass is 9.75. The molecule has 0 aliphatic heterocycles. The van der Waals surface area contributed by atoms with E-state index in [-0.39, 0.29) is 27.9 Å². The van der Waals surface area contributed by atoms with Crippen LogP contribution in [-0.4, -0.2) is 31.5 Å². The molecule has 0 spiro atoms. The SMILES string of the molecule is CCNC1CCC(C)(C)CC1S(=O)(=O)C(C)C(C)C. The summed E-state index contributed by atoms with van der Waals surface area (Å²) in [5.74, 6) is 0.178. The van der Waals surface area contributed by atoms with Crippen LogP contribution in [0.15, 0.2) is 0 Å². The number of sulfone groups is 1. The first-order chi connectivity index (χ1) is 8.62. The van der Waals surface area contributed by atoms with Crippen LogP contribution < -0.4 is 5.32 Å². The van der Waals surface area contributed by atoms with Crippen molar-refractivity contribution in [1.29, 1.82) is 0 Å². The minimum atomic E-state index is -3.07. The van der Waals surface area contributed by atoms with E-state index in [1.807, 2.05) is 20.8 Å². The van der Waals surface area contributed by atoms with Gasteiger partial charge in [0.2, 0.25) is 0 Å². The second kappa shape index (κ2) is 6.13. The van der Waals surface area contributed by atoms with Crippen molar-refractivity contribution in [2.45, 2.75) is 77.3 Å². The third-order valence-corrected chi connectivity index (χ3v) is 7.60. The van der Waals surface area contributed by atoms with Crippen molar-refractivity contribution in [2.24, 2.45) is 11.3 Å². The second-order valence-corrected chi connectivity index (χ2v) is 9.67. The van der Waals surface area contributed by atoms with Gasteiger partial charge in [-0.25, -0.2) is 8.42 Å². The Balaban J connectivity index is 3.02. The molecule has 1 aliphatic carbocycles. The molecule has 3 nitrogen and oxygen atoms in total. The Kier molecular flexibility index (Phi) is 5.47. The lowest BCUT2D eigenvalue weighted by Gasteiger charge is -2.42. The molecule has 3 unspecified atom stereocenters. The average molecular weight is 289 g/mol. The van der Waals surface area contributed by atoms with Crippen molar-refractivity contribution in [3.63, 3.8) is 0 Å². The normalized spacial score (nSPS) is 29.4. The maximum atomic E-state index is 12.9. The van der Waals surface area contributed by atoms with E-state index in [9.17, 15) is 8.42 Å². The number of hydrogen-bond donors (Lipinski definition) is 1. The Morgan fingerprint density at radius 2 is 1.84 bits per heavy atom. The summed E-state index contributed by atoms with van der Waals surface area (Å²) in [5.41, 5.74) is 0.139. The first-order valence-corrected chi connectivity index (χ1v) is 9.19. The quantitative estimate of drug-likeness (QED) is 0.846. The molecule has 1 aliphatic rings. The summed E-state index contributed by atoms with van der Waals surface area (Å²) in [4.78, 5) is 0. The summed E-state index contributed by atoms with van der Waals surface area (Å²) in [6.45, 7) is 13.1. The van der Waals surface area contributed by atoms with Gasteiger partial charge in [0.1, 0.15) is 0 Å². The Labute approximate surface area is 119 Å². The molecule has 0 aromatic heterocycles. The molecule has 1 rings (SSSR count). The molecule has 0 heterocycles. The van der Waals surface area contributed by atoms with Crippen LogP contribution in [0.25, 0.3) is 0 Å². The Hall–Kier alpha value is -0.0900. The van der Waals surface area contributed by atoms with Gasteiger partial charge in [-0.05, 0) is 44.1 Å². The summed E-state index contributed by atoms with van der Waals surface area (Å²) in [6, 6.07) is 0.129. The van der Waals surface area contributed by atoms with Gasteiger partial charge in [-0.2, -0.15) is 0 Å². The summed E-state index contributed by atoms with van der Waals surface area (Å²) < 4.78 is 25.7. The zero-order valence-electron chi connectivity index (χ0n) is 13.4. The predicted molar refractivity (Wildman–Crippen MR) is 82.1 cm³/mol. The van der Waals surface area contributed by atoms with Crippen LogP contribution >= 0.6 is 0 Å². The fourth-order valence-corrected chi connectivity index (χ4v) is 5.70. The standard InChI is InChI=1S/C15H31NO2S/c1-7-16-13-8-9-15(5,6)10-14(13)19(17,18)12(4)11(2)3/h11-14,16H,7-10H2,1-6H3. The van der Waals surface area contributed by atoms with E-state index in [0.29, 0.717) is 0 Å². The molecule has 1 fully saturated rings. The van der Waals surface area contributed by atoms with Crippen LogP contribution in [0.4, 0.5) is 0 Å². The summed E-state index contributed by atoms with van der Waals surface area (Å²) in [6.07, 6.45) is 2.85. The Morgan fingerprint density at radius 3 is 2.32 bits per heavy atom. The van der Waals surface area contributed by atoms with Crippen LogP contribution in [0.3, 0.4) is 0 Å². The zero-order valence-corrected chi connectivity index (χ0v) is 14.2. The third kappa shape index (κ3) is 3.94. The van der Waals surface area contributed by atoms with Crippen molar-refractivity contribution in [1.82, 2.24) is 5.32 Å². The number of hydrogen-bond acceptors (Lipinski definition) is 3. The minimum Gasteiger partial charge on any atom is -0.313 e. The van der Waals surface area contributed by atoms with E-state index < -0.39 is 9.84 Å². The molecule has 1 N–H and O–H groups in total. The van der Waals surface area contributed by atoms with Gasteiger partial charge in [-0.15, -0.1) is 0 Å². The van der Waals surface area contributed by atoms with Crippen LogP contribution in [0.1, 0.15) is 60.8 Å². The fraction of sp³-hybridized carbons (Fsp3) is 1.00. The largest absolute Gasteiger partial charge is 0.313 e. The maximum Gasteiger partial charge on any atom is 0.157 e. The van der Waals surface area contributed by atoms with Crippen molar-refractivity contribution in [2.75, 3.05) is 6.54 Å². The highest BCUT2D eigenvalue weighted by Crippen LogP contribution is 2.39. The van der Waals surface area contributed by atoms with E-state index in [1.165, 1.54) is 0 Å². The van der Waals surface area contributed by atoms with Gasteiger partial charge >= 0.3 is 0 Å². The molecule has 0 aromatic carbocycles. The lowest BCUT2D eigenvalue weighted by Crippen LogP contribution is -2.52. The highest BCUT2D eigenvalue weighted by Gasteiger charge is 2.44. The first-order valence-electron chi connectivity index (χ1n) is 7.58. The maximum absolute atomic E-state index is 12.9. The van der Waals surface area contributed by atoms with Crippen LogP contribution in [-0.2, 0) is 9.84 Å². The summed E-state index contributed by atoms with van der Waals surface area (Å²) >= 11 is 0. The van der Waals surface area contributed by atoms with Crippen molar-refractivity contribution in [3.8, 4) is 0 Å². The zero-order chi connectivity index (χ0) is 14.8. The van der Waals surface area contributed by atoms with Crippen molar-refractivity contribution < 1.29 is 8.42 Å². The molecule has 0 aromatic rings. The summed E-state index contributed by atoms with van der Waals surface area (Å²) in [7, 11) is -3.07. The van der Waals surface area contributed by atoms with E-state index in [0.717, 1.165) is 25.8 Å². The van der Waals surface area contributed by atoms with E-state index in [4.69, 9.17) is 0 Å². The van der Waals surface area contributed by atoms with Gasteiger partial charge < -0.3 is 5.32 Å². The van der Waals surface area contributed by atoms with Crippen LogP contribution in [0.2, 0.25) is 0 Å². The highest BCUT2D eigenvalue weighted by molar-refractivity contribution is 7.92. The Bertz CT molecular complexity index is 387. The molecular weight excluding hydrogens is 258 g/mol. The highest BCUT2D eigenvalue weighted by atomic mass is 32.2. The van der Waals surface area contributed by atoms with Gasteiger partial charge in [0.25, 0.3) is 0 Å². The van der Waals surface area contributed by atoms with Gasteiger partial charge in [0.05, 0.1) is 10.5 Å². The molecule has 1 saturated carbocycles. The van der Waals surface area contributed by atoms with Gasteiger partial charge in [-0.3, -0.25) is 0 Å². The number of nitrogens with one attached hydrogen (secondary N) is 1. The Morgan fingerprint density at radius 1 is 1.26 bits per heavy atom. The molecule has 4 heteroatoms. The number of rotatable bonds is 5. The monoisotopic (exact) mass is 289 g/mol. The molecule has 0 bridgehead atoms. The fourth-order valence-electron chi connectivity index (χ4n) is 3.02. The minimum absolute atomic E-state index is 0.129. The third-order valence-electron chi connectivity index (χ3n) is 4.68. The van der Waals surface area contributed by atoms with Crippen LogP contribution in [0, 0.1) is 11.3 Å².